The van der Waals surface area contributed by atoms with Gasteiger partial charge in [-0.3, -0.25) is 9.59 Å². The molecule has 0 spiro atoms. The van der Waals surface area contributed by atoms with Crippen molar-refractivity contribution in [1.82, 2.24) is 0 Å². The van der Waals surface area contributed by atoms with Crippen molar-refractivity contribution in [2.45, 2.75) is 25.7 Å². The van der Waals surface area contributed by atoms with E-state index in [1.807, 2.05) is 6.07 Å². The Labute approximate surface area is 103 Å². The Bertz CT molecular complexity index is 435. The van der Waals surface area contributed by atoms with Gasteiger partial charge in [-0.15, -0.1) is 0 Å². The van der Waals surface area contributed by atoms with E-state index in [2.05, 4.69) is 4.74 Å². The molecule has 5 heteroatoms. The number of Topliss-reactive ketones (excluding diaryl/α,β-unsaturated/α-hetero) is 1. The van der Waals surface area contributed by atoms with Crippen LogP contribution in [0.25, 0.3) is 0 Å². The van der Waals surface area contributed by atoms with Crippen LogP contribution in [0.5, 0.6) is 0 Å². The third-order valence-electron chi connectivity index (χ3n) is 3.39. The van der Waals surface area contributed by atoms with Gasteiger partial charge in [0.25, 0.3) is 0 Å². The van der Waals surface area contributed by atoms with Gasteiger partial charge in [0.15, 0.2) is 5.78 Å². The van der Waals surface area contributed by atoms with Gasteiger partial charge in [0.2, 0.25) is 0 Å². The highest BCUT2D eigenvalue weighted by Gasteiger charge is 2.58. The summed E-state index contributed by atoms with van der Waals surface area (Å²) in [6, 6.07) is 2.04. The van der Waals surface area contributed by atoms with Crippen LogP contribution in [-0.2, 0) is 14.3 Å². The Balaban J connectivity index is 2.28. The maximum atomic E-state index is 12.3. The fourth-order valence-corrected chi connectivity index (χ4v) is 4.47. The average molecular weight is 253 g/mol. The second-order valence-corrected chi connectivity index (χ2v) is 6.66. The zero-order valence-corrected chi connectivity index (χ0v) is 10.6. The summed E-state index contributed by atoms with van der Waals surface area (Å²) in [6.45, 7) is 0. The molecule has 0 bridgehead atoms. The van der Waals surface area contributed by atoms with E-state index in [9.17, 15) is 9.59 Å². The average Bonchev–Trinajstić information content (AvgIpc) is 3.00. The smallest absolute Gasteiger partial charge is 0.319 e. The summed E-state index contributed by atoms with van der Waals surface area (Å²) >= 11 is 0. The molecule has 92 valence electrons. The molecule has 2 aliphatic rings. The van der Waals surface area contributed by atoms with E-state index in [4.69, 9.17) is 5.26 Å². The predicted octanol–water partition coefficient (Wildman–Crippen LogP) is 1.27. The molecule has 1 heterocycles. The van der Waals surface area contributed by atoms with Crippen molar-refractivity contribution >= 4 is 27.1 Å². The lowest BCUT2D eigenvalue weighted by Gasteiger charge is -2.12. The number of ether oxygens (including phenoxy) is 1. The minimum atomic E-state index is -1.00. The van der Waals surface area contributed by atoms with Gasteiger partial charge >= 0.3 is 5.97 Å². The van der Waals surface area contributed by atoms with Crippen LogP contribution in [0.3, 0.4) is 0 Å². The molecule has 1 aliphatic heterocycles. The van der Waals surface area contributed by atoms with E-state index in [0.717, 1.165) is 24.3 Å². The lowest BCUT2D eigenvalue weighted by atomic mass is 9.99. The molecule has 4 nitrogen and oxygen atoms in total. The minimum absolute atomic E-state index is 0.222. The van der Waals surface area contributed by atoms with Crippen LogP contribution in [0.4, 0.5) is 0 Å². The van der Waals surface area contributed by atoms with Gasteiger partial charge in [0.1, 0.15) is 16.3 Å². The van der Waals surface area contributed by atoms with Crippen LogP contribution >= 0.6 is 10.5 Å². The third-order valence-corrected chi connectivity index (χ3v) is 5.81. The number of nitriles is 1. The molecular weight excluding hydrogens is 238 g/mol. The first-order valence-electron chi connectivity index (χ1n) is 5.73. The molecule has 0 aromatic carbocycles. The number of ketones is 1. The molecule has 0 atom stereocenters. The molecule has 1 saturated carbocycles. The second-order valence-electron chi connectivity index (χ2n) is 4.45. The van der Waals surface area contributed by atoms with Gasteiger partial charge < -0.3 is 4.74 Å². The molecule has 17 heavy (non-hydrogen) atoms. The highest BCUT2D eigenvalue weighted by atomic mass is 32.2. The molecule has 2 fully saturated rings. The highest BCUT2D eigenvalue weighted by molar-refractivity contribution is 8.17. The van der Waals surface area contributed by atoms with Crippen LogP contribution < -0.4 is 0 Å². The number of carbonyl (C=O) groups excluding carboxylic acids is 2. The largest absolute Gasteiger partial charge is 0.468 e. The molecule has 0 N–H and O–H groups in total. The zero-order valence-electron chi connectivity index (χ0n) is 9.82. The first-order valence-corrected chi connectivity index (χ1v) is 7.30. The molecular formula is C12H15NO3S. The summed E-state index contributed by atoms with van der Waals surface area (Å²) in [7, 11) is 1.07. The fraction of sp³-hybridized carbons (Fsp3) is 0.667. The van der Waals surface area contributed by atoms with Crippen LogP contribution in [0.1, 0.15) is 25.7 Å². The van der Waals surface area contributed by atoms with Gasteiger partial charge in [-0.1, -0.05) is 0 Å². The summed E-state index contributed by atoms with van der Waals surface area (Å²) in [5.41, 5.74) is -1.00. The number of hydrogen-bond donors (Lipinski definition) is 0. The number of nitrogens with zero attached hydrogens (tertiary/aromatic N) is 1. The van der Waals surface area contributed by atoms with E-state index in [0.29, 0.717) is 17.7 Å². The minimum Gasteiger partial charge on any atom is -0.468 e. The fourth-order valence-electron chi connectivity index (χ4n) is 2.17. The first kappa shape index (κ1) is 12.3. The molecule has 1 saturated heterocycles. The third kappa shape index (κ3) is 2.02. The van der Waals surface area contributed by atoms with Crippen molar-refractivity contribution in [1.29, 1.82) is 5.26 Å². The molecule has 2 rings (SSSR count). The number of methoxy groups -OCH3 is 1. The molecule has 0 aromatic heterocycles. The SMILES string of the molecule is COC(=O)C1(C(=O)C(C#N)=S2CCCC2)CC1. The number of esters is 1. The van der Waals surface area contributed by atoms with E-state index in [1.54, 1.807) is 0 Å². The topological polar surface area (TPSA) is 67.2 Å². The van der Waals surface area contributed by atoms with Gasteiger partial charge in [-0.25, -0.2) is 0 Å². The van der Waals surface area contributed by atoms with E-state index < -0.39 is 11.4 Å². The van der Waals surface area contributed by atoms with Gasteiger partial charge in [-0.2, -0.15) is 15.7 Å². The van der Waals surface area contributed by atoms with Crippen molar-refractivity contribution in [3.8, 4) is 6.07 Å². The molecule has 0 radical (unpaired) electrons. The Morgan fingerprint density at radius 1 is 1.29 bits per heavy atom. The molecule has 1 aliphatic carbocycles. The zero-order chi connectivity index (χ0) is 12.5. The van der Waals surface area contributed by atoms with E-state index in [1.165, 1.54) is 7.11 Å². The lowest BCUT2D eigenvalue weighted by Crippen LogP contribution is -2.32. The van der Waals surface area contributed by atoms with E-state index >= 15 is 0 Å². The van der Waals surface area contributed by atoms with Crippen molar-refractivity contribution in [3.63, 3.8) is 0 Å². The van der Waals surface area contributed by atoms with E-state index in [-0.39, 0.29) is 16.3 Å². The normalized spacial score (nSPS) is 21.6. The Hall–Kier alpha value is -1.15. The van der Waals surface area contributed by atoms with Crippen molar-refractivity contribution in [2.24, 2.45) is 5.41 Å². The van der Waals surface area contributed by atoms with Crippen LogP contribution in [0.15, 0.2) is 0 Å². The lowest BCUT2D eigenvalue weighted by molar-refractivity contribution is -0.149. The van der Waals surface area contributed by atoms with Crippen molar-refractivity contribution in [2.75, 3.05) is 18.6 Å². The summed E-state index contributed by atoms with van der Waals surface area (Å²) in [6.07, 6.45) is 3.21. The maximum Gasteiger partial charge on any atom is 0.319 e. The first-order chi connectivity index (χ1) is 8.15. The highest BCUT2D eigenvalue weighted by Crippen LogP contribution is 2.48. The second kappa shape index (κ2) is 4.61. The van der Waals surface area contributed by atoms with Crippen LogP contribution in [0, 0.1) is 16.7 Å². The molecule has 0 unspecified atom stereocenters. The Morgan fingerprint density at radius 3 is 2.29 bits per heavy atom. The van der Waals surface area contributed by atoms with Gasteiger partial charge in [-0.05, 0) is 37.2 Å². The van der Waals surface area contributed by atoms with Crippen LogP contribution in [-0.4, -0.2) is 35.2 Å². The predicted molar refractivity (Wildman–Crippen MR) is 65.9 cm³/mol. The monoisotopic (exact) mass is 253 g/mol. The summed E-state index contributed by atoms with van der Waals surface area (Å²) in [5, 5.41) is 9.15. The number of hydrogen-bond acceptors (Lipinski definition) is 4. The summed E-state index contributed by atoms with van der Waals surface area (Å²) in [5.74, 6) is 1.10. The standard InChI is InChI=1S/C12H15NO3S/c1-16-11(15)12(4-5-12)10(14)9(8-13)17-6-2-3-7-17/h2-7H2,1H3. The quantitative estimate of drug-likeness (QED) is 0.431. The number of rotatable bonds is 3. The van der Waals surface area contributed by atoms with Crippen molar-refractivity contribution < 1.29 is 14.3 Å². The van der Waals surface area contributed by atoms with Crippen molar-refractivity contribution in [3.05, 3.63) is 0 Å². The van der Waals surface area contributed by atoms with Gasteiger partial charge in [0, 0.05) is 0 Å². The number of carbonyl (C=O) groups is 2. The van der Waals surface area contributed by atoms with Gasteiger partial charge in [0.05, 0.1) is 7.11 Å². The molecule has 0 aromatic rings. The van der Waals surface area contributed by atoms with Crippen LogP contribution in [0.2, 0.25) is 0 Å². The Kier molecular flexibility index (Phi) is 3.34. The summed E-state index contributed by atoms with van der Waals surface area (Å²) < 4.78 is 4.68. The molecule has 0 amide bonds. The maximum absolute atomic E-state index is 12.3. The summed E-state index contributed by atoms with van der Waals surface area (Å²) in [4.78, 5) is 24.2. The Morgan fingerprint density at radius 2 is 1.88 bits per heavy atom.